The quantitative estimate of drug-likeness (QED) is 0.600. The molecule has 0 radical (unpaired) electrons. The topological polar surface area (TPSA) is 98.8 Å². The second-order valence-electron chi connectivity index (χ2n) is 7.79. The molecule has 1 saturated heterocycles. The highest BCUT2D eigenvalue weighted by Crippen LogP contribution is 2.34. The summed E-state index contributed by atoms with van der Waals surface area (Å²) in [5.41, 5.74) is -2.44. The first kappa shape index (κ1) is 25.0. The Kier molecular flexibility index (Phi) is 6.87. The van der Waals surface area contributed by atoms with Gasteiger partial charge in [-0.05, 0) is 36.8 Å². The molecule has 1 fully saturated rings. The van der Waals surface area contributed by atoms with Crippen molar-refractivity contribution in [3.63, 3.8) is 0 Å². The van der Waals surface area contributed by atoms with Crippen molar-refractivity contribution in [2.75, 3.05) is 25.5 Å². The molecular weight excluding hydrogens is 477 g/mol. The fourth-order valence-corrected chi connectivity index (χ4v) is 3.53. The molecule has 1 aliphatic rings. The molecule has 5 amide bonds. The first-order valence-electron chi connectivity index (χ1n) is 9.93. The minimum Gasteiger partial charge on any atom is -0.335 e. The summed E-state index contributed by atoms with van der Waals surface area (Å²) in [6, 6.07) is 9.87. The number of nitrogens with one attached hydrogen (secondary N) is 2. The van der Waals surface area contributed by atoms with Crippen molar-refractivity contribution in [3.05, 3.63) is 64.7 Å². The molecule has 2 aromatic rings. The van der Waals surface area contributed by atoms with Crippen LogP contribution in [0.5, 0.6) is 0 Å². The molecule has 2 aromatic carbocycles. The van der Waals surface area contributed by atoms with Gasteiger partial charge in [0.05, 0.1) is 17.8 Å². The molecule has 8 nitrogen and oxygen atoms in total. The van der Waals surface area contributed by atoms with E-state index >= 15 is 0 Å². The molecule has 1 aliphatic heterocycles. The van der Waals surface area contributed by atoms with Gasteiger partial charge in [0, 0.05) is 12.1 Å². The smallest absolute Gasteiger partial charge is 0.335 e. The maximum atomic E-state index is 13.1. The number of hydrogen-bond acceptors (Lipinski definition) is 4. The van der Waals surface area contributed by atoms with E-state index < -0.39 is 59.8 Å². The van der Waals surface area contributed by atoms with Gasteiger partial charge in [0.15, 0.2) is 0 Å². The number of imide groups is 1. The fraction of sp³-hybridized carbons (Fsp3) is 0.273. The number of likely N-dealkylation sites (N-methyl/N-ethyl adjacent to an activating group) is 1. The fourth-order valence-electron chi connectivity index (χ4n) is 3.41. The third kappa shape index (κ3) is 5.14. The normalized spacial score (nSPS) is 18.0. The number of benzene rings is 2. The number of para-hydroxylation sites is 1. The number of rotatable bonds is 6. The minimum atomic E-state index is -4.67. The van der Waals surface area contributed by atoms with E-state index in [-0.39, 0.29) is 0 Å². The van der Waals surface area contributed by atoms with Crippen molar-refractivity contribution in [2.24, 2.45) is 0 Å². The van der Waals surface area contributed by atoms with E-state index in [0.29, 0.717) is 15.5 Å². The molecule has 0 spiro atoms. The zero-order chi connectivity index (χ0) is 25.3. The van der Waals surface area contributed by atoms with Gasteiger partial charge in [-0.3, -0.25) is 19.3 Å². The lowest BCUT2D eigenvalue weighted by Crippen LogP contribution is -2.45. The third-order valence-electron chi connectivity index (χ3n) is 5.30. The summed E-state index contributed by atoms with van der Waals surface area (Å²) in [7, 11) is 1.23. The van der Waals surface area contributed by atoms with Crippen LogP contribution in [-0.4, -0.2) is 53.7 Å². The Morgan fingerprint density at radius 2 is 1.74 bits per heavy atom. The van der Waals surface area contributed by atoms with Gasteiger partial charge < -0.3 is 15.5 Å². The first-order valence-corrected chi connectivity index (χ1v) is 10.3. The molecule has 0 aliphatic carbocycles. The van der Waals surface area contributed by atoms with E-state index in [4.69, 9.17) is 11.6 Å². The summed E-state index contributed by atoms with van der Waals surface area (Å²) in [6.07, 6.45) is -4.67. The van der Waals surface area contributed by atoms with E-state index in [1.54, 1.807) is 24.3 Å². The van der Waals surface area contributed by atoms with Crippen LogP contribution in [0.1, 0.15) is 18.1 Å². The Morgan fingerprint density at radius 1 is 1.12 bits per heavy atom. The summed E-state index contributed by atoms with van der Waals surface area (Å²) in [5.74, 6) is -2.32. The molecule has 180 valence electrons. The highest BCUT2D eigenvalue weighted by molar-refractivity contribution is 6.30. The van der Waals surface area contributed by atoms with Crippen LogP contribution in [0, 0.1) is 0 Å². The molecule has 0 bridgehead atoms. The van der Waals surface area contributed by atoms with E-state index in [2.05, 4.69) is 10.6 Å². The number of hydrogen-bond donors (Lipinski definition) is 2. The van der Waals surface area contributed by atoms with Crippen molar-refractivity contribution in [3.8, 4) is 0 Å². The van der Waals surface area contributed by atoms with Crippen molar-refractivity contribution in [1.29, 1.82) is 0 Å². The molecule has 0 aromatic heterocycles. The summed E-state index contributed by atoms with van der Waals surface area (Å²) < 4.78 is 39.3. The lowest BCUT2D eigenvalue weighted by molar-refractivity contribution is -0.139. The van der Waals surface area contributed by atoms with Crippen LogP contribution in [0.4, 0.5) is 23.7 Å². The maximum absolute atomic E-state index is 13.1. The van der Waals surface area contributed by atoms with Crippen LogP contribution in [0.25, 0.3) is 0 Å². The number of halogens is 4. The minimum absolute atomic E-state index is 0.439. The predicted octanol–water partition coefficient (Wildman–Crippen LogP) is 3.22. The Labute approximate surface area is 197 Å². The van der Waals surface area contributed by atoms with Crippen molar-refractivity contribution < 1.29 is 32.3 Å². The molecule has 1 unspecified atom stereocenters. The molecule has 0 saturated carbocycles. The van der Waals surface area contributed by atoms with Gasteiger partial charge >= 0.3 is 12.2 Å². The van der Waals surface area contributed by atoms with E-state index in [1.807, 2.05) is 0 Å². The summed E-state index contributed by atoms with van der Waals surface area (Å²) in [4.78, 5) is 51.8. The highest BCUT2D eigenvalue weighted by atomic mass is 35.5. The van der Waals surface area contributed by atoms with Gasteiger partial charge in [0.25, 0.3) is 5.91 Å². The molecule has 2 N–H and O–H groups in total. The van der Waals surface area contributed by atoms with E-state index in [0.717, 1.165) is 17.0 Å². The average Bonchev–Trinajstić information content (AvgIpc) is 2.97. The van der Waals surface area contributed by atoms with E-state index in [1.165, 1.54) is 26.1 Å². The van der Waals surface area contributed by atoms with Crippen molar-refractivity contribution in [1.82, 2.24) is 15.1 Å². The number of carbonyl (C=O) groups is 4. The molecule has 34 heavy (non-hydrogen) atoms. The van der Waals surface area contributed by atoms with E-state index in [9.17, 15) is 32.3 Å². The number of carbonyl (C=O) groups excluding carboxylic acids is 4. The monoisotopic (exact) mass is 496 g/mol. The summed E-state index contributed by atoms with van der Waals surface area (Å²) >= 11 is 5.86. The van der Waals surface area contributed by atoms with Crippen molar-refractivity contribution in [2.45, 2.75) is 18.6 Å². The zero-order valence-corrected chi connectivity index (χ0v) is 18.8. The number of alkyl halides is 3. The molecule has 12 heteroatoms. The number of anilines is 1. The lowest BCUT2D eigenvalue weighted by atomic mass is 9.92. The van der Waals surface area contributed by atoms with Gasteiger partial charge in [-0.2, -0.15) is 13.2 Å². The van der Waals surface area contributed by atoms with Crippen LogP contribution in [0.2, 0.25) is 5.02 Å². The Hall–Kier alpha value is -3.60. The Morgan fingerprint density at radius 3 is 2.35 bits per heavy atom. The van der Waals surface area contributed by atoms with Crippen molar-refractivity contribution >= 4 is 41.0 Å². The Balaban J connectivity index is 1.65. The summed E-state index contributed by atoms with van der Waals surface area (Å²) in [5, 5.41) is 5.11. The standard InChI is InChI=1S/C22H20ClF3N4O4/c1-21(13-7-9-14(23)10-8-13)19(33)30(20(34)28-21)12-18(32)29(2)11-17(31)27-16-6-4-3-5-15(16)22(24,25)26/h3-10H,11-12H2,1-2H3,(H,27,31)(H,28,34). The van der Waals surface area contributed by atoms with Gasteiger partial charge in [-0.15, -0.1) is 0 Å². The molecule has 1 atom stereocenters. The maximum Gasteiger partial charge on any atom is 0.418 e. The van der Waals surface area contributed by atoms with Gasteiger partial charge in [-0.25, -0.2) is 4.79 Å². The molecular formula is C22H20ClF3N4O4. The van der Waals surface area contributed by atoms with Crippen LogP contribution >= 0.6 is 11.6 Å². The van der Waals surface area contributed by atoms with Crippen LogP contribution in [0.15, 0.2) is 48.5 Å². The average molecular weight is 497 g/mol. The molecule has 3 rings (SSSR count). The molecule has 1 heterocycles. The summed E-state index contributed by atoms with van der Waals surface area (Å²) in [6.45, 7) is 0.232. The first-order chi connectivity index (χ1) is 15.8. The van der Waals surface area contributed by atoms with Gasteiger partial charge in [-0.1, -0.05) is 35.9 Å². The second-order valence-corrected chi connectivity index (χ2v) is 8.23. The van der Waals surface area contributed by atoms with Gasteiger partial charge in [0.1, 0.15) is 12.1 Å². The van der Waals surface area contributed by atoms with Crippen LogP contribution in [0.3, 0.4) is 0 Å². The lowest BCUT2D eigenvalue weighted by Gasteiger charge is -2.23. The number of urea groups is 1. The third-order valence-corrected chi connectivity index (χ3v) is 5.55. The predicted molar refractivity (Wildman–Crippen MR) is 117 cm³/mol. The van der Waals surface area contributed by atoms with Gasteiger partial charge in [0.2, 0.25) is 11.8 Å². The van der Waals surface area contributed by atoms with Crippen LogP contribution < -0.4 is 10.6 Å². The largest absolute Gasteiger partial charge is 0.418 e. The Bertz CT molecular complexity index is 1140. The number of nitrogens with zero attached hydrogens (tertiary/aromatic N) is 2. The highest BCUT2D eigenvalue weighted by Gasteiger charge is 2.49. The van der Waals surface area contributed by atoms with Crippen LogP contribution in [-0.2, 0) is 26.1 Å². The zero-order valence-electron chi connectivity index (χ0n) is 18.1. The SMILES string of the molecule is CN(CC(=O)Nc1ccccc1C(F)(F)F)C(=O)CN1C(=O)NC(C)(c2ccc(Cl)cc2)C1=O. The number of amides is 5. The second kappa shape index (κ2) is 9.34.